The van der Waals surface area contributed by atoms with Gasteiger partial charge in [0.25, 0.3) is 0 Å². The Morgan fingerprint density at radius 3 is 2.63 bits per heavy atom. The van der Waals surface area contributed by atoms with Crippen molar-refractivity contribution in [2.24, 2.45) is 0 Å². The van der Waals surface area contributed by atoms with Gasteiger partial charge in [0.2, 0.25) is 0 Å². The van der Waals surface area contributed by atoms with Crippen molar-refractivity contribution in [2.45, 2.75) is 13.0 Å². The first-order valence-corrected chi connectivity index (χ1v) is 5.87. The summed E-state index contributed by atoms with van der Waals surface area (Å²) in [6.07, 6.45) is 1.54. The van der Waals surface area contributed by atoms with E-state index in [2.05, 4.69) is 5.10 Å². The molecule has 0 saturated carbocycles. The van der Waals surface area contributed by atoms with E-state index in [4.69, 9.17) is 11.6 Å². The second-order valence-electron chi connectivity index (χ2n) is 3.96. The Kier molecular flexibility index (Phi) is 3.91. The van der Waals surface area contributed by atoms with E-state index in [0.29, 0.717) is 0 Å². The lowest BCUT2D eigenvalue weighted by Crippen LogP contribution is -2.13. The molecule has 0 saturated heterocycles. The first kappa shape index (κ1) is 13.2. The van der Waals surface area contributed by atoms with Crippen molar-refractivity contribution in [1.29, 1.82) is 0 Å². The van der Waals surface area contributed by atoms with Gasteiger partial charge in [0.1, 0.15) is 6.54 Å². The van der Waals surface area contributed by atoms with Crippen molar-refractivity contribution >= 4 is 23.2 Å². The minimum Gasteiger partial charge on any atom is -0.358 e. The highest BCUT2D eigenvalue weighted by atomic mass is 35.5. The van der Waals surface area contributed by atoms with Gasteiger partial charge in [0.05, 0.1) is 11.3 Å². The highest BCUT2D eigenvalue weighted by Crippen LogP contribution is 2.21. The number of aromatic nitrogens is 2. The number of benzene rings is 1. The lowest BCUT2D eigenvalue weighted by atomic mass is 10.1. The van der Waals surface area contributed by atoms with E-state index in [-0.39, 0.29) is 23.8 Å². The van der Waals surface area contributed by atoms with Gasteiger partial charge in [0.15, 0.2) is 10.8 Å². The van der Waals surface area contributed by atoms with Gasteiger partial charge in [-0.1, -0.05) is 41.9 Å². The van der Waals surface area contributed by atoms with E-state index >= 15 is 0 Å². The van der Waals surface area contributed by atoms with Crippen LogP contribution in [0.4, 0.5) is 5.82 Å². The molecule has 1 aromatic carbocycles. The van der Waals surface area contributed by atoms with Gasteiger partial charge in [-0.05, 0) is 10.5 Å². The maximum atomic E-state index is 11.8. The minimum absolute atomic E-state index is 0.0392. The molecule has 6 nitrogen and oxygen atoms in total. The van der Waals surface area contributed by atoms with Crippen LogP contribution in [0.3, 0.4) is 0 Å². The summed E-state index contributed by atoms with van der Waals surface area (Å²) in [5, 5.41) is 14.2. The van der Waals surface area contributed by atoms with Gasteiger partial charge >= 0.3 is 5.82 Å². The lowest BCUT2D eigenvalue weighted by molar-refractivity contribution is -0.389. The van der Waals surface area contributed by atoms with E-state index in [9.17, 15) is 14.9 Å². The molecule has 1 heterocycles. The van der Waals surface area contributed by atoms with Crippen LogP contribution in [0, 0.1) is 10.1 Å². The highest BCUT2D eigenvalue weighted by Gasteiger charge is 2.20. The van der Waals surface area contributed by atoms with Crippen molar-refractivity contribution < 1.29 is 9.72 Å². The number of carbonyl (C=O) groups excluding carboxylic acids is 1. The van der Waals surface area contributed by atoms with Crippen molar-refractivity contribution in [2.75, 3.05) is 0 Å². The summed E-state index contributed by atoms with van der Waals surface area (Å²) in [6.45, 7) is -0.0392. The molecular formula is C12H10ClN3O3. The Morgan fingerprint density at radius 2 is 2.05 bits per heavy atom. The molecule has 0 aliphatic carbocycles. The first-order valence-electron chi connectivity index (χ1n) is 5.49. The van der Waals surface area contributed by atoms with E-state index in [1.54, 1.807) is 0 Å². The largest absolute Gasteiger partial charge is 0.408 e. The molecular weight excluding hydrogens is 270 g/mol. The molecule has 2 rings (SSSR count). The third kappa shape index (κ3) is 3.38. The predicted molar refractivity (Wildman–Crippen MR) is 69.0 cm³/mol. The molecule has 0 aliphatic rings. The van der Waals surface area contributed by atoms with Gasteiger partial charge in [-0.3, -0.25) is 4.79 Å². The van der Waals surface area contributed by atoms with E-state index < -0.39 is 10.7 Å². The smallest absolute Gasteiger partial charge is 0.358 e. The van der Waals surface area contributed by atoms with E-state index in [1.165, 1.54) is 10.9 Å². The molecule has 7 heteroatoms. The zero-order valence-corrected chi connectivity index (χ0v) is 10.6. The molecule has 1 aromatic heterocycles. The Labute approximate surface area is 113 Å². The third-order valence-electron chi connectivity index (χ3n) is 2.45. The Bertz CT molecular complexity index is 610. The summed E-state index contributed by atoms with van der Waals surface area (Å²) in [6, 6.07) is 9.24. The number of hydrogen-bond acceptors (Lipinski definition) is 4. The fourth-order valence-electron chi connectivity index (χ4n) is 1.65. The van der Waals surface area contributed by atoms with Crippen molar-refractivity contribution in [3.63, 3.8) is 0 Å². The lowest BCUT2D eigenvalue weighted by Gasteiger charge is -1.99. The van der Waals surface area contributed by atoms with Gasteiger partial charge < -0.3 is 10.1 Å². The number of rotatable bonds is 5. The molecule has 0 amide bonds. The number of carbonyl (C=O) groups is 1. The Balaban J connectivity index is 2.03. The summed E-state index contributed by atoms with van der Waals surface area (Å²) in [4.78, 5) is 21.7. The zero-order chi connectivity index (χ0) is 13.8. The molecule has 0 fully saturated rings. The Hall–Kier alpha value is -2.21. The Morgan fingerprint density at radius 1 is 1.37 bits per heavy atom. The van der Waals surface area contributed by atoms with Crippen LogP contribution in [0.15, 0.2) is 36.5 Å². The van der Waals surface area contributed by atoms with Crippen LogP contribution >= 0.6 is 11.6 Å². The minimum atomic E-state index is -0.680. The van der Waals surface area contributed by atoms with Crippen molar-refractivity contribution in [3.8, 4) is 0 Å². The number of nitro groups is 1. The summed E-state index contributed by atoms with van der Waals surface area (Å²) in [5.74, 6) is -0.533. The van der Waals surface area contributed by atoms with Gasteiger partial charge in [0, 0.05) is 6.42 Å². The maximum Gasteiger partial charge on any atom is 0.408 e. The summed E-state index contributed by atoms with van der Waals surface area (Å²) < 4.78 is 1.19. The SMILES string of the molecule is O=C(Cc1ccccc1)Cn1cc(Cl)c([N+](=O)[O-])n1. The predicted octanol–water partition coefficient (Wildman–Crippen LogP) is 2.26. The monoisotopic (exact) mass is 279 g/mol. The zero-order valence-electron chi connectivity index (χ0n) is 9.82. The molecule has 0 N–H and O–H groups in total. The van der Waals surface area contributed by atoms with Crippen LogP contribution < -0.4 is 0 Å². The molecule has 0 aliphatic heterocycles. The van der Waals surface area contributed by atoms with Crippen LogP contribution in [0.25, 0.3) is 0 Å². The van der Waals surface area contributed by atoms with Gasteiger partial charge in [-0.15, -0.1) is 0 Å². The number of Topliss-reactive ketones (excluding diaryl/α,β-unsaturated/α-hetero) is 1. The average molecular weight is 280 g/mol. The van der Waals surface area contributed by atoms with E-state index in [1.807, 2.05) is 30.3 Å². The topological polar surface area (TPSA) is 78.0 Å². The molecule has 98 valence electrons. The summed E-state index contributed by atoms with van der Waals surface area (Å²) in [5.41, 5.74) is 0.889. The summed E-state index contributed by atoms with van der Waals surface area (Å²) >= 11 is 5.65. The normalized spacial score (nSPS) is 10.4. The number of nitrogens with zero attached hydrogens (tertiary/aromatic N) is 3. The second-order valence-corrected chi connectivity index (χ2v) is 4.36. The molecule has 0 unspecified atom stereocenters. The second kappa shape index (κ2) is 5.62. The maximum absolute atomic E-state index is 11.8. The van der Waals surface area contributed by atoms with Crippen LogP contribution in [-0.2, 0) is 17.8 Å². The first-order chi connectivity index (χ1) is 9.06. The fourth-order valence-corrected chi connectivity index (χ4v) is 1.87. The highest BCUT2D eigenvalue weighted by molar-refractivity contribution is 6.32. The third-order valence-corrected chi connectivity index (χ3v) is 2.72. The van der Waals surface area contributed by atoms with Crippen LogP contribution in [0.2, 0.25) is 5.02 Å². The van der Waals surface area contributed by atoms with Gasteiger partial charge in [-0.25, -0.2) is 0 Å². The number of hydrogen-bond donors (Lipinski definition) is 0. The summed E-state index contributed by atoms with van der Waals surface area (Å²) in [7, 11) is 0. The van der Waals surface area contributed by atoms with Gasteiger partial charge in [-0.2, -0.15) is 4.68 Å². The average Bonchev–Trinajstić information content (AvgIpc) is 2.71. The number of ketones is 1. The van der Waals surface area contributed by atoms with Crippen LogP contribution in [-0.4, -0.2) is 20.5 Å². The molecule has 0 radical (unpaired) electrons. The van der Waals surface area contributed by atoms with Crippen molar-refractivity contribution in [1.82, 2.24) is 9.78 Å². The number of halogens is 1. The van der Waals surface area contributed by atoms with Crippen LogP contribution in [0.1, 0.15) is 5.56 Å². The standard InChI is InChI=1S/C12H10ClN3O3/c13-11-8-15(14-12(11)16(18)19)7-10(17)6-9-4-2-1-3-5-9/h1-5,8H,6-7H2. The van der Waals surface area contributed by atoms with Crippen LogP contribution in [0.5, 0.6) is 0 Å². The van der Waals surface area contributed by atoms with E-state index in [0.717, 1.165) is 5.56 Å². The molecule has 2 aromatic rings. The quantitative estimate of drug-likeness (QED) is 0.621. The molecule has 0 spiro atoms. The van der Waals surface area contributed by atoms with Crippen molar-refractivity contribution in [3.05, 3.63) is 57.2 Å². The molecule has 0 bridgehead atoms. The fraction of sp³-hybridized carbons (Fsp3) is 0.167. The molecule has 19 heavy (non-hydrogen) atoms. The molecule has 0 atom stereocenters.